The van der Waals surface area contributed by atoms with Gasteiger partial charge in [-0.1, -0.05) is 6.92 Å². The summed E-state index contributed by atoms with van der Waals surface area (Å²) in [6.45, 7) is 2.36. The highest BCUT2D eigenvalue weighted by molar-refractivity contribution is 7.85. The number of hydrogen-bond acceptors (Lipinski definition) is 3. The molecule has 0 spiro atoms. The van der Waals surface area contributed by atoms with Crippen molar-refractivity contribution in [3.63, 3.8) is 0 Å². The van der Waals surface area contributed by atoms with Gasteiger partial charge in [-0.2, -0.15) is 8.42 Å². The third kappa shape index (κ3) is 2.64. The van der Waals surface area contributed by atoms with Crippen molar-refractivity contribution in [2.45, 2.75) is 13.0 Å². The lowest BCUT2D eigenvalue weighted by molar-refractivity contribution is 0.351. The van der Waals surface area contributed by atoms with Crippen LogP contribution in [-0.2, 0) is 14.9 Å². The third-order valence-electron chi connectivity index (χ3n) is 1.47. The highest BCUT2D eigenvalue weighted by Crippen LogP contribution is 2.20. The average Bonchev–Trinajstić information content (AvgIpc) is 2.35. The fraction of sp³-hybridized carbons (Fsp3) is 1.00. The van der Waals surface area contributed by atoms with Crippen LogP contribution in [0.15, 0.2) is 0 Å². The predicted molar refractivity (Wildman–Crippen MR) is 35.3 cm³/mol. The van der Waals surface area contributed by atoms with Crippen LogP contribution in [0.3, 0.4) is 0 Å². The Morgan fingerprint density at radius 1 is 1.80 bits per heavy atom. The van der Waals surface area contributed by atoms with Crippen LogP contribution < -0.4 is 0 Å². The second-order valence-corrected chi connectivity index (χ2v) is 4.09. The van der Waals surface area contributed by atoms with Gasteiger partial charge in [0.05, 0.1) is 18.5 Å². The molecule has 0 aromatic rings. The number of ether oxygens (including phenoxy) is 1. The summed E-state index contributed by atoms with van der Waals surface area (Å²) >= 11 is 0. The lowest BCUT2D eigenvalue weighted by Crippen LogP contribution is -2.16. The minimum Gasteiger partial charge on any atom is -0.373 e. The maximum Gasteiger partial charge on any atom is 0.265 e. The van der Waals surface area contributed by atoms with E-state index in [1.807, 2.05) is 0 Å². The predicted octanol–water partition coefficient (Wildman–Crippen LogP) is -0.0909. The SMILES string of the molecule is CC(CS(=O)(=O)O)C1CO1. The van der Waals surface area contributed by atoms with Crippen molar-refractivity contribution in [2.75, 3.05) is 12.4 Å². The van der Waals surface area contributed by atoms with E-state index in [9.17, 15) is 8.42 Å². The van der Waals surface area contributed by atoms with Gasteiger partial charge in [0.1, 0.15) is 0 Å². The number of epoxide rings is 1. The van der Waals surface area contributed by atoms with E-state index in [0.29, 0.717) is 6.61 Å². The molecule has 0 amide bonds. The molecule has 0 radical (unpaired) electrons. The quantitative estimate of drug-likeness (QED) is 0.470. The highest BCUT2D eigenvalue weighted by atomic mass is 32.2. The maximum atomic E-state index is 10.3. The summed E-state index contributed by atoms with van der Waals surface area (Å²) in [4.78, 5) is 0. The molecule has 4 nitrogen and oxygen atoms in total. The van der Waals surface area contributed by atoms with Crippen LogP contribution in [0.1, 0.15) is 6.92 Å². The molecule has 1 rings (SSSR count). The van der Waals surface area contributed by atoms with Gasteiger partial charge in [0, 0.05) is 5.92 Å². The Morgan fingerprint density at radius 2 is 2.30 bits per heavy atom. The summed E-state index contributed by atoms with van der Waals surface area (Å²) in [7, 11) is -3.81. The molecule has 1 saturated heterocycles. The van der Waals surface area contributed by atoms with Crippen LogP contribution in [0.2, 0.25) is 0 Å². The van der Waals surface area contributed by atoms with Crippen molar-refractivity contribution < 1.29 is 17.7 Å². The first kappa shape index (κ1) is 7.97. The van der Waals surface area contributed by atoms with Gasteiger partial charge in [0.15, 0.2) is 0 Å². The fourth-order valence-corrected chi connectivity index (χ4v) is 1.70. The molecule has 10 heavy (non-hydrogen) atoms. The van der Waals surface area contributed by atoms with E-state index in [4.69, 9.17) is 9.29 Å². The molecule has 2 atom stereocenters. The fourth-order valence-electron chi connectivity index (χ4n) is 0.824. The van der Waals surface area contributed by atoms with Crippen molar-refractivity contribution in [2.24, 2.45) is 5.92 Å². The monoisotopic (exact) mass is 166 g/mol. The first-order chi connectivity index (χ1) is 4.49. The van der Waals surface area contributed by atoms with Gasteiger partial charge in [0.25, 0.3) is 10.1 Å². The number of rotatable bonds is 3. The van der Waals surface area contributed by atoms with Crippen LogP contribution >= 0.6 is 0 Å². The van der Waals surface area contributed by atoms with Crippen molar-refractivity contribution in [3.8, 4) is 0 Å². The summed E-state index contributed by atoms with van der Waals surface area (Å²) < 4.78 is 33.8. The Labute approximate surface area is 59.9 Å². The van der Waals surface area contributed by atoms with E-state index >= 15 is 0 Å². The minimum absolute atomic E-state index is 0.0434. The second kappa shape index (κ2) is 2.48. The van der Waals surface area contributed by atoms with Gasteiger partial charge in [-0.3, -0.25) is 4.55 Å². The lowest BCUT2D eigenvalue weighted by atomic mass is 10.1. The average molecular weight is 166 g/mol. The van der Waals surface area contributed by atoms with Crippen molar-refractivity contribution in [3.05, 3.63) is 0 Å². The van der Waals surface area contributed by atoms with E-state index in [1.54, 1.807) is 6.92 Å². The third-order valence-corrected chi connectivity index (χ3v) is 2.41. The number of hydrogen-bond donors (Lipinski definition) is 1. The molecule has 1 aliphatic heterocycles. The van der Waals surface area contributed by atoms with Crippen LogP contribution in [0, 0.1) is 5.92 Å². The molecule has 1 fully saturated rings. The molecular formula is C5H10O4S. The van der Waals surface area contributed by atoms with Gasteiger partial charge < -0.3 is 4.74 Å². The molecule has 0 aromatic heterocycles. The molecule has 0 aromatic carbocycles. The Kier molecular flexibility index (Phi) is 1.98. The molecule has 5 heteroatoms. The minimum atomic E-state index is -3.81. The molecule has 2 unspecified atom stereocenters. The molecule has 0 bridgehead atoms. The normalized spacial score (nSPS) is 28.0. The van der Waals surface area contributed by atoms with Crippen molar-refractivity contribution in [1.82, 2.24) is 0 Å². The lowest BCUT2D eigenvalue weighted by Gasteiger charge is -2.02. The van der Waals surface area contributed by atoms with Crippen molar-refractivity contribution >= 4 is 10.1 Å². The van der Waals surface area contributed by atoms with Gasteiger partial charge in [-0.05, 0) is 0 Å². The molecule has 0 saturated carbocycles. The molecule has 1 N–H and O–H groups in total. The van der Waals surface area contributed by atoms with Gasteiger partial charge in [-0.25, -0.2) is 0 Å². The standard InChI is InChI=1S/C5H10O4S/c1-4(5-2-9-5)3-10(6,7)8/h4-5H,2-3H2,1H3,(H,6,7,8). The van der Waals surface area contributed by atoms with Crippen LogP contribution in [0.25, 0.3) is 0 Å². The first-order valence-corrected chi connectivity index (χ1v) is 4.67. The molecule has 60 valence electrons. The van der Waals surface area contributed by atoms with E-state index < -0.39 is 10.1 Å². The molecule has 1 heterocycles. The zero-order valence-electron chi connectivity index (χ0n) is 5.65. The first-order valence-electron chi connectivity index (χ1n) is 3.06. The smallest absolute Gasteiger partial charge is 0.265 e. The second-order valence-electron chi connectivity index (χ2n) is 2.60. The molecule has 1 aliphatic rings. The molecular weight excluding hydrogens is 156 g/mol. The summed E-state index contributed by atoms with van der Waals surface area (Å²) in [6.07, 6.45) is 0.0434. The zero-order valence-corrected chi connectivity index (χ0v) is 6.47. The summed E-state index contributed by atoms with van der Waals surface area (Å²) in [6, 6.07) is 0. The van der Waals surface area contributed by atoms with Gasteiger partial charge in [0.2, 0.25) is 0 Å². The Bertz CT molecular complexity index is 204. The van der Waals surface area contributed by atoms with Crippen molar-refractivity contribution in [1.29, 1.82) is 0 Å². The van der Waals surface area contributed by atoms with Crippen LogP contribution in [0.4, 0.5) is 0 Å². The Morgan fingerprint density at radius 3 is 2.60 bits per heavy atom. The summed E-state index contributed by atoms with van der Waals surface area (Å²) in [5.41, 5.74) is 0. The van der Waals surface area contributed by atoms with E-state index in [0.717, 1.165) is 0 Å². The summed E-state index contributed by atoms with van der Waals surface area (Å²) in [5.74, 6) is -0.285. The van der Waals surface area contributed by atoms with E-state index in [-0.39, 0.29) is 17.8 Å². The van der Waals surface area contributed by atoms with Crippen LogP contribution in [-0.4, -0.2) is 31.4 Å². The Hall–Kier alpha value is -0.130. The highest BCUT2D eigenvalue weighted by Gasteiger charge is 2.31. The topological polar surface area (TPSA) is 66.9 Å². The van der Waals surface area contributed by atoms with E-state index in [1.165, 1.54) is 0 Å². The molecule has 0 aliphatic carbocycles. The zero-order chi connectivity index (χ0) is 7.78. The largest absolute Gasteiger partial charge is 0.373 e. The van der Waals surface area contributed by atoms with Gasteiger partial charge >= 0.3 is 0 Å². The Balaban J connectivity index is 2.37. The van der Waals surface area contributed by atoms with E-state index in [2.05, 4.69) is 0 Å². The van der Waals surface area contributed by atoms with Crippen LogP contribution in [0.5, 0.6) is 0 Å². The maximum absolute atomic E-state index is 10.3. The summed E-state index contributed by atoms with van der Waals surface area (Å²) in [5, 5.41) is 0. The van der Waals surface area contributed by atoms with Gasteiger partial charge in [-0.15, -0.1) is 0 Å².